The molecule has 0 aliphatic carbocycles. The zero-order valence-corrected chi connectivity index (χ0v) is 17.8. The van der Waals surface area contributed by atoms with Crippen molar-refractivity contribution in [3.8, 4) is 0 Å². The SMILES string of the molecule is CCNC(=NCC1CCCS1)NCCc1ccc(Br)s1.I. The summed E-state index contributed by atoms with van der Waals surface area (Å²) in [4.78, 5) is 6.09. The topological polar surface area (TPSA) is 36.4 Å². The number of rotatable bonds is 6. The van der Waals surface area contributed by atoms with Crippen molar-refractivity contribution in [2.75, 3.05) is 25.4 Å². The van der Waals surface area contributed by atoms with Gasteiger partial charge in [0.05, 0.1) is 10.3 Å². The van der Waals surface area contributed by atoms with E-state index in [-0.39, 0.29) is 24.0 Å². The lowest BCUT2D eigenvalue weighted by atomic mass is 10.2. The Kier molecular flexibility index (Phi) is 10.4. The number of hydrogen-bond acceptors (Lipinski definition) is 3. The highest BCUT2D eigenvalue weighted by Crippen LogP contribution is 2.26. The summed E-state index contributed by atoms with van der Waals surface area (Å²) in [6.07, 6.45) is 3.71. The lowest BCUT2D eigenvalue weighted by Gasteiger charge is -2.12. The Morgan fingerprint density at radius 2 is 2.29 bits per heavy atom. The van der Waals surface area contributed by atoms with Gasteiger partial charge in [0.2, 0.25) is 0 Å². The Morgan fingerprint density at radius 1 is 1.43 bits per heavy atom. The first-order valence-electron chi connectivity index (χ1n) is 7.16. The molecule has 1 fully saturated rings. The summed E-state index contributed by atoms with van der Waals surface area (Å²) in [6, 6.07) is 4.28. The van der Waals surface area contributed by atoms with Gasteiger partial charge in [-0.05, 0) is 60.0 Å². The monoisotopic (exact) mass is 503 g/mol. The predicted molar refractivity (Wildman–Crippen MR) is 111 cm³/mol. The molecule has 3 nitrogen and oxygen atoms in total. The Balaban J connectivity index is 0.00000220. The fourth-order valence-corrected chi connectivity index (χ4v) is 4.78. The van der Waals surface area contributed by atoms with Gasteiger partial charge in [-0.3, -0.25) is 4.99 Å². The van der Waals surface area contributed by atoms with Crippen molar-refractivity contribution in [1.82, 2.24) is 10.6 Å². The third kappa shape index (κ3) is 7.56. The van der Waals surface area contributed by atoms with Crippen LogP contribution in [0.25, 0.3) is 0 Å². The molecule has 1 atom stereocenters. The molecular formula is C14H23BrIN3S2. The summed E-state index contributed by atoms with van der Waals surface area (Å²) in [5.74, 6) is 2.26. The normalized spacial score (nSPS) is 18.4. The Hall–Kier alpha value is 0.530. The standard InChI is InChI=1S/C14H22BrN3S2.HI/c1-2-16-14(18-10-12-4-3-9-19-12)17-8-7-11-5-6-13(15)20-11;/h5-6,12H,2-4,7-10H2,1H3,(H2,16,17,18);1H. The van der Waals surface area contributed by atoms with E-state index in [2.05, 4.69) is 57.4 Å². The largest absolute Gasteiger partial charge is 0.357 e. The van der Waals surface area contributed by atoms with Gasteiger partial charge in [0.15, 0.2) is 5.96 Å². The number of nitrogens with zero attached hydrogens (tertiary/aromatic N) is 1. The van der Waals surface area contributed by atoms with Gasteiger partial charge < -0.3 is 10.6 Å². The summed E-state index contributed by atoms with van der Waals surface area (Å²) in [5.41, 5.74) is 0. The molecule has 21 heavy (non-hydrogen) atoms. The van der Waals surface area contributed by atoms with E-state index in [1.807, 2.05) is 0 Å². The van der Waals surface area contributed by atoms with E-state index < -0.39 is 0 Å². The molecule has 7 heteroatoms. The molecular weight excluding hydrogens is 481 g/mol. The van der Waals surface area contributed by atoms with Gasteiger partial charge in [0.1, 0.15) is 0 Å². The van der Waals surface area contributed by atoms with E-state index in [0.29, 0.717) is 0 Å². The fraction of sp³-hybridized carbons (Fsp3) is 0.643. The molecule has 0 spiro atoms. The van der Waals surface area contributed by atoms with Gasteiger partial charge in [-0.1, -0.05) is 0 Å². The quantitative estimate of drug-likeness (QED) is 0.348. The minimum atomic E-state index is 0. The Labute approximate surface area is 161 Å². The number of thioether (sulfide) groups is 1. The highest BCUT2D eigenvalue weighted by molar-refractivity contribution is 14.0. The second-order valence-electron chi connectivity index (χ2n) is 4.74. The molecule has 2 N–H and O–H groups in total. The fourth-order valence-electron chi connectivity index (χ4n) is 2.11. The van der Waals surface area contributed by atoms with Gasteiger partial charge in [0.25, 0.3) is 0 Å². The second kappa shape index (κ2) is 11.1. The van der Waals surface area contributed by atoms with Crippen LogP contribution < -0.4 is 10.6 Å². The smallest absolute Gasteiger partial charge is 0.191 e. The minimum Gasteiger partial charge on any atom is -0.357 e. The molecule has 1 unspecified atom stereocenters. The molecule has 0 radical (unpaired) electrons. The van der Waals surface area contributed by atoms with Crippen molar-refractivity contribution in [1.29, 1.82) is 0 Å². The van der Waals surface area contributed by atoms with Crippen LogP contribution in [-0.4, -0.2) is 36.6 Å². The first kappa shape index (κ1) is 19.6. The maximum atomic E-state index is 4.70. The van der Waals surface area contributed by atoms with E-state index in [9.17, 15) is 0 Å². The van der Waals surface area contributed by atoms with E-state index >= 15 is 0 Å². The second-order valence-corrected chi connectivity index (χ2v) is 8.69. The molecule has 1 saturated heterocycles. The first-order chi connectivity index (χ1) is 9.78. The first-order valence-corrected chi connectivity index (χ1v) is 9.81. The van der Waals surface area contributed by atoms with Crippen LogP contribution in [0.15, 0.2) is 20.9 Å². The average molecular weight is 504 g/mol. The van der Waals surface area contributed by atoms with Crippen molar-refractivity contribution >= 4 is 69.0 Å². The summed E-state index contributed by atoms with van der Waals surface area (Å²) in [5, 5.41) is 7.47. The van der Waals surface area contributed by atoms with Gasteiger partial charge in [0, 0.05) is 23.2 Å². The molecule has 1 aromatic heterocycles. The highest BCUT2D eigenvalue weighted by Gasteiger charge is 2.14. The van der Waals surface area contributed by atoms with E-state index in [0.717, 1.165) is 37.3 Å². The van der Waals surface area contributed by atoms with Crippen LogP contribution in [0.5, 0.6) is 0 Å². The zero-order chi connectivity index (χ0) is 14.2. The minimum absolute atomic E-state index is 0. The maximum absolute atomic E-state index is 4.70. The summed E-state index contributed by atoms with van der Waals surface area (Å²) in [6.45, 7) is 4.88. The van der Waals surface area contributed by atoms with Crippen molar-refractivity contribution < 1.29 is 0 Å². The summed E-state index contributed by atoms with van der Waals surface area (Å²) in [7, 11) is 0. The third-order valence-corrected chi connectivity index (χ3v) is 6.18. The highest BCUT2D eigenvalue weighted by atomic mass is 127. The summed E-state index contributed by atoms with van der Waals surface area (Å²) >= 11 is 7.36. The van der Waals surface area contributed by atoms with E-state index in [4.69, 9.17) is 4.99 Å². The Bertz CT molecular complexity index is 434. The van der Waals surface area contributed by atoms with Crippen LogP contribution in [0, 0.1) is 0 Å². The van der Waals surface area contributed by atoms with E-state index in [1.54, 1.807) is 11.3 Å². The molecule has 0 saturated carbocycles. The number of aliphatic imine (C=N–C) groups is 1. The number of halogens is 2. The molecule has 120 valence electrons. The lowest BCUT2D eigenvalue weighted by Crippen LogP contribution is -2.38. The molecule has 1 aliphatic rings. The number of hydrogen-bond donors (Lipinski definition) is 2. The Morgan fingerprint density at radius 3 is 2.90 bits per heavy atom. The number of thiophene rings is 1. The molecule has 2 heterocycles. The number of guanidine groups is 1. The van der Waals surface area contributed by atoms with Crippen molar-refractivity contribution in [2.24, 2.45) is 4.99 Å². The van der Waals surface area contributed by atoms with Gasteiger partial charge >= 0.3 is 0 Å². The van der Waals surface area contributed by atoms with Gasteiger partial charge in [-0.15, -0.1) is 35.3 Å². The molecule has 2 rings (SSSR count). The van der Waals surface area contributed by atoms with Crippen LogP contribution in [0.1, 0.15) is 24.6 Å². The van der Waals surface area contributed by atoms with Crippen molar-refractivity contribution in [3.05, 3.63) is 20.8 Å². The van der Waals surface area contributed by atoms with Gasteiger partial charge in [-0.25, -0.2) is 0 Å². The molecule has 0 amide bonds. The molecule has 0 aromatic carbocycles. The van der Waals surface area contributed by atoms with Crippen molar-refractivity contribution in [2.45, 2.75) is 31.4 Å². The zero-order valence-electron chi connectivity index (χ0n) is 12.2. The van der Waals surface area contributed by atoms with Crippen LogP contribution >= 0.6 is 63.0 Å². The van der Waals surface area contributed by atoms with E-state index in [1.165, 1.54) is 27.3 Å². The van der Waals surface area contributed by atoms with Crippen molar-refractivity contribution in [3.63, 3.8) is 0 Å². The number of nitrogens with one attached hydrogen (secondary N) is 2. The molecule has 1 aliphatic heterocycles. The van der Waals surface area contributed by atoms with Gasteiger partial charge in [-0.2, -0.15) is 11.8 Å². The predicted octanol–water partition coefficient (Wildman–Crippen LogP) is 4.12. The third-order valence-electron chi connectivity index (χ3n) is 3.11. The van der Waals surface area contributed by atoms with Crippen LogP contribution in [0.2, 0.25) is 0 Å². The average Bonchev–Trinajstić information content (AvgIpc) is 3.08. The molecule has 0 bridgehead atoms. The maximum Gasteiger partial charge on any atom is 0.191 e. The summed E-state index contributed by atoms with van der Waals surface area (Å²) < 4.78 is 1.20. The van der Waals surface area contributed by atoms with Crippen LogP contribution in [0.3, 0.4) is 0 Å². The van der Waals surface area contributed by atoms with Crippen LogP contribution in [0.4, 0.5) is 0 Å². The van der Waals surface area contributed by atoms with Crippen LogP contribution in [-0.2, 0) is 6.42 Å². The lowest BCUT2D eigenvalue weighted by molar-refractivity contribution is 0.762. The molecule has 1 aromatic rings.